The number of allylic oxidation sites excluding steroid dienone is 1. The van der Waals surface area contributed by atoms with Crippen molar-refractivity contribution >= 4 is 35.4 Å². The molecule has 0 spiro atoms. The molecule has 0 bridgehead atoms. The van der Waals surface area contributed by atoms with E-state index in [1.807, 2.05) is 13.0 Å². The number of aliphatic carboxylic acids is 1. The summed E-state index contributed by atoms with van der Waals surface area (Å²) in [6.45, 7) is 4.50. The molecule has 10 nitrogen and oxygen atoms in total. The van der Waals surface area contributed by atoms with Crippen LogP contribution in [0.25, 0.3) is 0 Å². The molecule has 0 aromatic carbocycles. The maximum absolute atomic E-state index is 13.7. The average molecular weight is 546 g/mol. The van der Waals surface area contributed by atoms with E-state index >= 15 is 0 Å². The van der Waals surface area contributed by atoms with Crippen LogP contribution in [-0.4, -0.2) is 59.2 Å². The second kappa shape index (κ2) is 10.8. The van der Waals surface area contributed by atoms with Crippen LogP contribution >= 0.6 is 0 Å². The van der Waals surface area contributed by atoms with Gasteiger partial charge in [-0.15, -0.1) is 0 Å². The number of carboxylic acid groups (broad SMARTS) is 1. The molecule has 0 saturated heterocycles. The Morgan fingerprint density at radius 2 is 1.72 bits per heavy atom. The molecule has 10 heteroatoms. The van der Waals surface area contributed by atoms with Crippen LogP contribution in [0.1, 0.15) is 85.0 Å². The molecule has 0 aromatic rings. The van der Waals surface area contributed by atoms with Gasteiger partial charge < -0.3 is 19.9 Å². The van der Waals surface area contributed by atoms with Gasteiger partial charge in [-0.1, -0.05) is 19.4 Å². The number of esters is 2. The number of amides is 1. The molecule has 39 heavy (non-hydrogen) atoms. The molecule has 3 fully saturated rings. The fourth-order valence-corrected chi connectivity index (χ4v) is 8.30. The number of Topliss-reactive ketones (excluding diaryl/α,β-unsaturated/α-hetero) is 1. The lowest BCUT2D eigenvalue weighted by Crippen LogP contribution is -2.59. The Kier molecular flexibility index (Phi) is 8.06. The summed E-state index contributed by atoms with van der Waals surface area (Å²) in [6.07, 6.45) is 7.13. The topological polar surface area (TPSA) is 153 Å². The summed E-state index contributed by atoms with van der Waals surface area (Å²) in [7, 11) is 0. The first kappa shape index (κ1) is 29.0. The molecular formula is C29H39NO9. The van der Waals surface area contributed by atoms with Gasteiger partial charge in [0.15, 0.2) is 18.0 Å². The summed E-state index contributed by atoms with van der Waals surface area (Å²) in [4.78, 5) is 72.6. The Hall–Kier alpha value is -3.04. The molecule has 0 aliphatic heterocycles. The van der Waals surface area contributed by atoms with E-state index in [0.29, 0.717) is 31.1 Å². The standard InChI is InChI=1S/C29H39NO9/c1-17(31)39-29(23(33)16-38-26(37)7-6-24(34)30-15-25(35)36)13-10-22-20-5-4-18-14-19(32)8-11-27(18,2)21(20)9-12-28(22,29)3/h14,20-22H,4-13,15-16H2,1-3H3,(H,30,34)(H,35,36)/t20-,21+,22+,27+,28+,29+/m1/s1. The second-order valence-corrected chi connectivity index (χ2v) is 12.1. The Morgan fingerprint density at radius 3 is 2.41 bits per heavy atom. The van der Waals surface area contributed by atoms with Crippen molar-refractivity contribution in [1.82, 2.24) is 5.32 Å². The first-order valence-electron chi connectivity index (χ1n) is 13.9. The van der Waals surface area contributed by atoms with Crippen molar-refractivity contribution < 1.29 is 43.3 Å². The minimum Gasteiger partial charge on any atom is -0.480 e. The number of hydrogen-bond acceptors (Lipinski definition) is 8. The number of ketones is 2. The molecule has 3 saturated carbocycles. The summed E-state index contributed by atoms with van der Waals surface area (Å²) in [5, 5.41) is 10.8. The Labute approximate surface area is 228 Å². The Morgan fingerprint density at radius 1 is 1.00 bits per heavy atom. The van der Waals surface area contributed by atoms with Crippen molar-refractivity contribution in [2.45, 2.75) is 90.6 Å². The fraction of sp³-hybridized carbons (Fsp3) is 0.724. The van der Waals surface area contributed by atoms with Gasteiger partial charge in [0.25, 0.3) is 0 Å². The minimum atomic E-state index is -1.40. The van der Waals surface area contributed by atoms with Crippen molar-refractivity contribution in [2.75, 3.05) is 13.2 Å². The SMILES string of the molecule is CC(=O)O[C@]1(C(=O)COC(=O)CCC(=O)NCC(=O)O)CC[C@H]2[C@@H]3CCC4=CC(=O)CC[C@]4(C)[C@H]3CC[C@@]21C. The van der Waals surface area contributed by atoms with Crippen LogP contribution < -0.4 is 5.32 Å². The molecule has 4 aliphatic carbocycles. The van der Waals surface area contributed by atoms with Gasteiger partial charge >= 0.3 is 17.9 Å². The zero-order valence-electron chi connectivity index (χ0n) is 23.0. The molecular weight excluding hydrogens is 506 g/mol. The third-order valence-corrected chi connectivity index (χ3v) is 10.2. The smallest absolute Gasteiger partial charge is 0.322 e. The van der Waals surface area contributed by atoms with Crippen molar-refractivity contribution in [3.05, 3.63) is 11.6 Å². The number of nitrogens with one attached hydrogen (secondary N) is 1. The molecule has 0 unspecified atom stereocenters. The van der Waals surface area contributed by atoms with Crippen LogP contribution in [0.5, 0.6) is 0 Å². The lowest BCUT2D eigenvalue weighted by Gasteiger charge is -2.59. The highest BCUT2D eigenvalue weighted by Crippen LogP contribution is 2.68. The number of hydrogen-bond donors (Lipinski definition) is 2. The van der Waals surface area contributed by atoms with Gasteiger partial charge in [0.05, 0.1) is 6.42 Å². The van der Waals surface area contributed by atoms with Gasteiger partial charge in [-0.25, -0.2) is 0 Å². The number of carbonyl (C=O) groups is 6. The zero-order valence-corrected chi connectivity index (χ0v) is 23.0. The van der Waals surface area contributed by atoms with Gasteiger partial charge in [0, 0.05) is 25.2 Å². The first-order chi connectivity index (χ1) is 18.3. The normalized spacial score (nSPS) is 35.0. The lowest BCUT2D eigenvalue weighted by atomic mass is 9.46. The van der Waals surface area contributed by atoms with Crippen LogP contribution in [-0.2, 0) is 38.2 Å². The van der Waals surface area contributed by atoms with Crippen LogP contribution in [0.2, 0.25) is 0 Å². The second-order valence-electron chi connectivity index (χ2n) is 12.1. The molecule has 4 rings (SSSR count). The first-order valence-corrected chi connectivity index (χ1v) is 13.9. The number of rotatable bonds is 9. The van der Waals surface area contributed by atoms with Crippen LogP contribution in [0.15, 0.2) is 11.6 Å². The van der Waals surface area contributed by atoms with Crippen LogP contribution in [0, 0.1) is 28.6 Å². The molecule has 1 amide bonds. The average Bonchev–Trinajstić information content (AvgIpc) is 3.17. The number of fused-ring (bicyclic) bond motifs is 5. The van der Waals surface area contributed by atoms with Crippen molar-refractivity contribution in [3.63, 3.8) is 0 Å². The van der Waals surface area contributed by atoms with E-state index in [4.69, 9.17) is 14.6 Å². The number of carbonyl (C=O) groups excluding carboxylic acids is 5. The summed E-state index contributed by atoms with van der Waals surface area (Å²) in [6, 6.07) is 0. The molecule has 0 radical (unpaired) electrons. The Balaban J connectivity index is 1.47. The number of ether oxygens (including phenoxy) is 2. The van der Waals surface area contributed by atoms with Gasteiger partial charge in [-0.3, -0.25) is 28.8 Å². The van der Waals surface area contributed by atoms with Crippen LogP contribution in [0.3, 0.4) is 0 Å². The van der Waals surface area contributed by atoms with Crippen molar-refractivity contribution in [2.24, 2.45) is 28.6 Å². The van der Waals surface area contributed by atoms with E-state index in [-0.39, 0.29) is 30.0 Å². The lowest BCUT2D eigenvalue weighted by molar-refractivity contribution is -0.191. The summed E-state index contributed by atoms with van der Waals surface area (Å²) >= 11 is 0. The summed E-state index contributed by atoms with van der Waals surface area (Å²) < 4.78 is 11.1. The predicted octanol–water partition coefficient (Wildman–Crippen LogP) is 2.91. The van der Waals surface area contributed by atoms with Gasteiger partial charge in [0.1, 0.15) is 6.54 Å². The predicted molar refractivity (Wildman–Crippen MR) is 137 cm³/mol. The highest BCUT2D eigenvalue weighted by Gasteiger charge is 2.68. The van der Waals surface area contributed by atoms with Crippen molar-refractivity contribution in [3.8, 4) is 0 Å². The van der Waals surface area contributed by atoms with E-state index in [0.717, 1.165) is 32.1 Å². The van der Waals surface area contributed by atoms with E-state index in [9.17, 15) is 28.8 Å². The Bertz CT molecular complexity index is 1110. The van der Waals surface area contributed by atoms with Crippen LogP contribution in [0.4, 0.5) is 0 Å². The minimum absolute atomic E-state index is 0.0267. The van der Waals surface area contributed by atoms with E-state index in [2.05, 4.69) is 12.2 Å². The maximum Gasteiger partial charge on any atom is 0.322 e. The molecule has 4 aliphatic rings. The van der Waals surface area contributed by atoms with Gasteiger partial charge in [-0.05, 0) is 74.2 Å². The molecule has 214 valence electrons. The monoisotopic (exact) mass is 545 g/mol. The van der Waals surface area contributed by atoms with E-state index < -0.39 is 53.8 Å². The fourth-order valence-electron chi connectivity index (χ4n) is 8.30. The summed E-state index contributed by atoms with van der Waals surface area (Å²) in [5.74, 6) is -2.47. The van der Waals surface area contributed by atoms with E-state index in [1.165, 1.54) is 12.5 Å². The van der Waals surface area contributed by atoms with Gasteiger partial charge in [0.2, 0.25) is 11.7 Å². The quantitative estimate of drug-likeness (QED) is 0.416. The maximum atomic E-state index is 13.7. The highest BCUT2D eigenvalue weighted by atomic mass is 16.6. The highest BCUT2D eigenvalue weighted by molar-refractivity contribution is 5.93. The largest absolute Gasteiger partial charge is 0.480 e. The molecule has 2 N–H and O–H groups in total. The molecule has 6 atom stereocenters. The van der Waals surface area contributed by atoms with E-state index in [1.54, 1.807) is 0 Å². The third kappa shape index (κ3) is 5.26. The van der Waals surface area contributed by atoms with Gasteiger partial charge in [-0.2, -0.15) is 0 Å². The zero-order chi connectivity index (χ0) is 28.6. The summed E-state index contributed by atoms with van der Waals surface area (Å²) in [5.41, 5.74) is -0.774. The molecule has 0 aromatic heterocycles. The molecule has 0 heterocycles. The third-order valence-electron chi connectivity index (χ3n) is 10.2. The number of carboxylic acids is 1. The van der Waals surface area contributed by atoms with Crippen molar-refractivity contribution in [1.29, 1.82) is 0 Å².